The summed E-state index contributed by atoms with van der Waals surface area (Å²) in [6.45, 7) is -5.78. The van der Waals surface area contributed by atoms with Crippen LogP contribution >= 0.6 is 0 Å². The van der Waals surface area contributed by atoms with Crippen molar-refractivity contribution in [3.05, 3.63) is 0 Å². The number of carbonyl (C=O) groups is 13. The second kappa shape index (κ2) is 41.4. The summed E-state index contributed by atoms with van der Waals surface area (Å²) in [6, 6.07) is 0. The Morgan fingerprint density at radius 1 is 0.192 bits per heavy atom. The summed E-state index contributed by atoms with van der Waals surface area (Å²) in [5.74, 6) is -15.6. The lowest BCUT2D eigenvalue weighted by Gasteiger charge is -2.27. The first-order valence-electron chi connectivity index (χ1n) is 21.0. The van der Waals surface area contributed by atoms with Crippen LogP contribution in [0.15, 0.2) is 0 Å². The maximum absolute atomic E-state index is 11.0. The van der Waals surface area contributed by atoms with Crippen LogP contribution in [0.4, 0.5) is 0 Å². The first-order valence-corrected chi connectivity index (χ1v) is 21.0. The van der Waals surface area contributed by atoms with Gasteiger partial charge in [0.1, 0.15) is 0 Å². The van der Waals surface area contributed by atoms with Gasteiger partial charge in [-0.05, 0) is 0 Å². The number of nitrogens with zero attached hydrogens (tertiary/aromatic N) is 7. The van der Waals surface area contributed by atoms with Gasteiger partial charge >= 0.3 is 77.6 Å². The maximum atomic E-state index is 11.0. The second-order valence-electron chi connectivity index (χ2n) is 14.9. The normalized spacial score (nSPS) is 10.9. The predicted molar refractivity (Wildman–Crippen MR) is 236 cm³/mol. The van der Waals surface area contributed by atoms with Gasteiger partial charge in [0.15, 0.2) is 0 Å². The fourth-order valence-corrected chi connectivity index (χ4v) is 5.60. The van der Waals surface area contributed by atoms with E-state index in [0.717, 1.165) is 19.6 Å². The Hall–Kier alpha value is -7.25. The lowest BCUT2D eigenvalue weighted by molar-refractivity contribution is -0.145. The lowest BCUT2D eigenvalue weighted by atomic mass is 10.3. The molecule has 0 aliphatic carbocycles. The smallest absolute Gasteiger partial charge is 0.317 e. The Labute approximate surface area is 413 Å². The molecule has 0 heterocycles. The summed E-state index contributed by atoms with van der Waals surface area (Å²) in [7, 11) is 0. The van der Waals surface area contributed by atoms with Crippen molar-refractivity contribution in [1.82, 2.24) is 34.3 Å². The van der Waals surface area contributed by atoms with Crippen molar-refractivity contribution in [2.24, 2.45) is 0 Å². The van der Waals surface area contributed by atoms with Crippen LogP contribution in [0.1, 0.15) is 0 Å². The first kappa shape index (κ1) is 70.0. The van der Waals surface area contributed by atoms with Crippen LogP contribution in [0.25, 0.3) is 0 Å². The Bertz CT molecular complexity index is 1590. The molecule has 13 N–H and O–H groups in total. The van der Waals surface area contributed by atoms with Gasteiger partial charge in [0.05, 0.1) is 112 Å². The molecule has 0 amide bonds. The topological polar surface area (TPSA) is 526 Å². The third kappa shape index (κ3) is 50.9. The highest BCUT2D eigenvalue weighted by Crippen LogP contribution is 1.99. The Kier molecular flexibility index (Phi) is 39.7. The minimum absolute atomic E-state index is 0.000836. The second-order valence-corrected chi connectivity index (χ2v) is 14.9. The van der Waals surface area contributed by atoms with Gasteiger partial charge < -0.3 is 75.9 Å². The Balaban J connectivity index is -0.00000102. The SMILES string of the molecule is O=C(O)CN(CCN(CC(=O)O)CC(=O)O)CC(=O)O.O=C(O)CN(CCN(CC(=O)O)CC(=O)O)CCN(CC(=O)O)CC(=O)O.O=C(O)CN(CCOCCOCCN(CC(=O)O)CC(=O)O)CC(=O)O. The summed E-state index contributed by atoms with van der Waals surface area (Å²) >= 11 is 0. The van der Waals surface area contributed by atoms with Gasteiger partial charge in [0.2, 0.25) is 0 Å². The van der Waals surface area contributed by atoms with Crippen LogP contribution < -0.4 is 0 Å². The molecule has 0 aromatic heterocycles. The monoisotopic (exact) mass is 1070 g/mol. The van der Waals surface area contributed by atoms with E-state index in [4.69, 9.17) is 75.9 Å². The number of carboxylic acids is 13. The van der Waals surface area contributed by atoms with E-state index in [9.17, 15) is 62.3 Å². The van der Waals surface area contributed by atoms with E-state index < -0.39 is 163 Å². The first-order chi connectivity index (χ1) is 33.9. The third-order valence-corrected chi connectivity index (χ3v) is 8.34. The number of rotatable bonds is 44. The Morgan fingerprint density at radius 2 is 0.315 bits per heavy atom. The van der Waals surface area contributed by atoms with Crippen LogP contribution in [-0.2, 0) is 71.8 Å². The standard InChI is InChI=1S/C14H23N3O10.C14H24N2O10.C10H16N2O8/c18-10(19)5-15(1-3-16(6-11(20)21)7-12(22)23)2-4-17(8-13(24)25)9-14(26)27;17-11(18)7-15(8-12(19)20)1-3-25-5-6-26-4-2-16(9-13(21)22)10-14(23)24;13-7(14)3-11(4-8(15)16)1-2-12(5-9(17)18)6-10(19)20/h1-9H2,(H,18,19)(H,20,21)(H,22,23)(H,24,25)(H,26,27);1-10H2,(H,17,18)(H,19,20)(H,21,22)(H,23,24);1-6H2,(H,13,14)(H,15,16)(H,17,18)(H,19,20). The van der Waals surface area contributed by atoms with Crippen LogP contribution in [0.5, 0.6) is 0 Å². The fraction of sp³-hybridized carbons (Fsp3) is 0.658. The maximum Gasteiger partial charge on any atom is 0.317 e. The zero-order valence-corrected chi connectivity index (χ0v) is 39.2. The molecule has 0 saturated heterocycles. The van der Waals surface area contributed by atoms with Gasteiger partial charge in [-0.15, -0.1) is 0 Å². The van der Waals surface area contributed by atoms with Crippen LogP contribution in [0.3, 0.4) is 0 Å². The van der Waals surface area contributed by atoms with E-state index in [1.54, 1.807) is 0 Å². The predicted octanol–water partition coefficient (Wildman–Crippen LogP) is -6.79. The number of carboxylic acid groups (broad SMARTS) is 13. The average Bonchev–Trinajstić information content (AvgIpc) is 3.19. The summed E-state index contributed by atoms with van der Waals surface area (Å²) in [6.07, 6.45) is 0. The third-order valence-electron chi connectivity index (χ3n) is 8.34. The molecule has 0 bridgehead atoms. The molecule has 0 fully saturated rings. The van der Waals surface area contributed by atoms with Crippen molar-refractivity contribution < 1.29 is 138 Å². The summed E-state index contributed by atoms with van der Waals surface area (Å²) in [4.78, 5) is 147. The molecule has 0 atom stereocenters. The fourth-order valence-electron chi connectivity index (χ4n) is 5.60. The highest BCUT2D eigenvalue weighted by Gasteiger charge is 2.21. The van der Waals surface area contributed by atoms with Crippen molar-refractivity contribution in [2.45, 2.75) is 0 Å². The molecule has 418 valence electrons. The van der Waals surface area contributed by atoms with E-state index in [-0.39, 0.29) is 78.8 Å². The van der Waals surface area contributed by atoms with Crippen molar-refractivity contribution in [3.63, 3.8) is 0 Å². The van der Waals surface area contributed by atoms with Crippen molar-refractivity contribution >= 4 is 77.6 Å². The van der Waals surface area contributed by atoms with Crippen molar-refractivity contribution in [1.29, 1.82) is 0 Å². The highest BCUT2D eigenvalue weighted by molar-refractivity contribution is 5.75. The van der Waals surface area contributed by atoms with Gasteiger partial charge in [-0.1, -0.05) is 0 Å². The highest BCUT2D eigenvalue weighted by atomic mass is 16.5. The molecular weight excluding hydrogens is 1000 g/mol. The van der Waals surface area contributed by atoms with E-state index >= 15 is 0 Å². The van der Waals surface area contributed by atoms with Crippen LogP contribution in [0, 0.1) is 0 Å². The molecule has 0 aliphatic rings. The van der Waals surface area contributed by atoms with Crippen LogP contribution in [0.2, 0.25) is 0 Å². The number of hydrogen-bond acceptors (Lipinski definition) is 22. The summed E-state index contributed by atoms with van der Waals surface area (Å²) in [5.41, 5.74) is 0. The van der Waals surface area contributed by atoms with Gasteiger partial charge in [-0.25, -0.2) is 0 Å². The van der Waals surface area contributed by atoms with Gasteiger partial charge in [0, 0.05) is 52.4 Å². The van der Waals surface area contributed by atoms with Gasteiger partial charge in [-0.3, -0.25) is 96.6 Å². The van der Waals surface area contributed by atoms with Crippen LogP contribution in [-0.4, -0.2) is 342 Å². The van der Waals surface area contributed by atoms with E-state index in [1.807, 2.05) is 0 Å². The van der Waals surface area contributed by atoms with Gasteiger partial charge in [-0.2, -0.15) is 0 Å². The molecule has 0 radical (unpaired) electrons. The molecule has 0 aromatic rings. The average molecular weight is 1070 g/mol. The number of aliphatic carboxylic acids is 13. The zero-order chi connectivity index (χ0) is 56.6. The molecule has 0 spiro atoms. The van der Waals surface area contributed by atoms with Crippen molar-refractivity contribution in [3.8, 4) is 0 Å². The zero-order valence-electron chi connectivity index (χ0n) is 39.2. The quantitative estimate of drug-likeness (QED) is 0.0252. The molecule has 0 aliphatic heterocycles. The largest absolute Gasteiger partial charge is 0.480 e. The molecule has 0 unspecified atom stereocenters. The number of ether oxygens (including phenoxy) is 2. The minimum Gasteiger partial charge on any atom is -0.480 e. The van der Waals surface area contributed by atoms with E-state index in [1.165, 1.54) is 14.7 Å². The minimum atomic E-state index is -1.24. The Morgan fingerprint density at radius 3 is 0.466 bits per heavy atom. The molecule has 73 heavy (non-hydrogen) atoms. The molecule has 0 rings (SSSR count). The van der Waals surface area contributed by atoms with E-state index in [2.05, 4.69) is 0 Å². The molecule has 35 nitrogen and oxygen atoms in total. The van der Waals surface area contributed by atoms with E-state index in [0.29, 0.717) is 0 Å². The lowest BCUT2D eigenvalue weighted by Crippen LogP contribution is -2.45. The summed E-state index contributed by atoms with van der Waals surface area (Å²) in [5, 5.41) is 113. The van der Waals surface area contributed by atoms with Gasteiger partial charge in [0.25, 0.3) is 0 Å². The molecule has 0 saturated carbocycles. The molecule has 35 heteroatoms. The molecular formula is C38H63N7O28. The summed E-state index contributed by atoms with van der Waals surface area (Å²) < 4.78 is 10.4. The molecule has 0 aromatic carbocycles. The van der Waals surface area contributed by atoms with Crippen molar-refractivity contribution in [2.75, 3.05) is 164 Å². The number of hydrogen-bond donors (Lipinski definition) is 13.